The molecule has 2 rings (SSSR count). The molecule has 0 bridgehead atoms. The van der Waals surface area contributed by atoms with E-state index >= 15 is 0 Å². The molecule has 100 valence electrons. The number of halogens is 2. The zero-order chi connectivity index (χ0) is 13.0. The van der Waals surface area contributed by atoms with Crippen molar-refractivity contribution in [3.63, 3.8) is 0 Å². The molecule has 1 saturated carbocycles. The zero-order valence-corrected chi connectivity index (χ0v) is 10.9. The van der Waals surface area contributed by atoms with E-state index in [4.69, 9.17) is 0 Å². The van der Waals surface area contributed by atoms with E-state index in [0.717, 1.165) is 18.7 Å². The van der Waals surface area contributed by atoms with Gasteiger partial charge in [-0.05, 0) is 23.8 Å². The van der Waals surface area contributed by atoms with Crippen LogP contribution in [0.3, 0.4) is 0 Å². The van der Waals surface area contributed by atoms with Crippen LogP contribution in [0.1, 0.15) is 50.2 Å². The van der Waals surface area contributed by atoms with Crippen molar-refractivity contribution in [1.82, 2.24) is 5.32 Å². The van der Waals surface area contributed by atoms with Gasteiger partial charge < -0.3 is 5.32 Å². The molecule has 1 aliphatic carbocycles. The van der Waals surface area contributed by atoms with Crippen LogP contribution in [0.15, 0.2) is 24.3 Å². The van der Waals surface area contributed by atoms with Crippen LogP contribution in [0, 0.1) is 5.41 Å². The van der Waals surface area contributed by atoms with E-state index in [-0.39, 0.29) is 5.56 Å². The van der Waals surface area contributed by atoms with Gasteiger partial charge in [-0.25, -0.2) is 8.78 Å². The van der Waals surface area contributed by atoms with Crippen molar-refractivity contribution in [2.24, 2.45) is 5.41 Å². The van der Waals surface area contributed by atoms with Gasteiger partial charge in [0, 0.05) is 18.7 Å². The molecule has 3 heteroatoms. The summed E-state index contributed by atoms with van der Waals surface area (Å²) in [6, 6.07) is 6.59. The largest absolute Gasteiger partial charge is 0.312 e. The van der Waals surface area contributed by atoms with Crippen LogP contribution in [0.4, 0.5) is 8.78 Å². The van der Waals surface area contributed by atoms with E-state index in [0.29, 0.717) is 5.41 Å². The lowest BCUT2D eigenvalue weighted by Gasteiger charge is -2.23. The van der Waals surface area contributed by atoms with Gasteiger partial charge in [0.2, 0.25) is 0 Å². The lowest BCUT2D eigenvalue weighted by Crippen LogP contribution is -2.29. The van der Waals surface area contributed by atoms with Crippen molar-refractivity contribution in [2.45, 2.75) is 45.6 Å². The number of nitrogens with one attached hydrogen (secondary N) is 1. The van der Waals surface area contributed by atoms with Crippen molar-refractivity contribution in [3.05, 3.63) is 35.4 Å². The third-order valence-electron chi connectivity index (χ3n) is 3.92. The Hall–Kier alpha value is -0.960. The summed E-state index contributed by atoms with van der Waals surface area (Å²) in [4.78, 5) is 0. The van der Waals surface area contributed by atoms with Crippen LogP contribution in [0.25, 0.3) is 0 Å². The summed E-state index contributed by atoms with van der Waals surface area (Å²) in [5.41, 5.74) is 1.60. The van der Waals surface area contributed by atoms with E-state index in [1.165, 1.54) is 37.8 Å². The third-order valence-corrected chi connectivity index (χ3v) is 3.92. The third kappa shape index (κ3) is 3.52. The normalized spacial score (nSPS) is 18.4. The van der Waals surface area contributed by atoms with Gasteiger partial charge in [-0.1, -0.05) is 44.0 Å². The van der Waals surface area contributed by atoms with Crippen LogP contribution in [0.2, 0.25) is 0 Å². The highest BCUT2D eigenvalue weighted by atomic mass is 19.3. The highest BCUT2D eigenvalue weighted by Crippen LogP contribution is 2.36. The molecule has 1 fully saturated rings. The van der Waals surface area contributed by atoms with E-state index in [9.17, 15) is 8.78 Å². The maximum Gasteiger partial charge on any atom is 0.263 e. The van der Waals surface area contributed by atoms with Crippen molar-refractivity contribution >= 4 is 0 Å². The predicted molar refractivity (Wildman–Crippen MR) is 69.7 cm³/mol. The zero-order valence-electron chi connectivity index (χ0n) is 10.9. The van der Waals surface area contributed by atoms with Crippen molar-refractivity contribution in [3.8, 4) is 0 Å². The molecule has 0 amide bonds. The maximum atomic E-state index is 12.4. The SMILES string of the molecule is CC1(CNCc2ccc(C(F)F)cc2)CCCC1. The Kier molecular flexibility index (Phi) is 4.33. The van der Waals surface area contributed by atoms with Crippen LogP contribution >= 0.6 is 0 Å². The summed E-state index contributed by atoms with van der Waals surface area (Å²) >= 11 is 0. The number of alkyl halides is 2. The van der Waals surface area contributed by atoms with E-state index < -0.39 is 6.43 Å². The van der Waals surface area contributed by atoms with Crippen LogP contribution in [-0.2, 0) is 6.54 Å². The molecular weight excluding hydrogens is 232 g/mol. The van der Waals surface area contributed by atoms with Crippen molar-refractivity contribution < 1.29 is 8.78 Å². The first-order chi connectivity index (χ1) is 8.59. The topological polar surface area (TPSA) is 12.0 Å². The molecule has 0 saturated heterocycles. The lowest BCUT2D eigenvalue weighted by molar-refractivity contribution is 0.151. The molecule has 0 unspecified atom stereocenters. The van der Waals surface area contributed by atoms with Gasteiger partial charge in [0.1, 0.15) is 0 Å². The summed E-state index contributed by atoms with van der Waals surface area (Å²) in [7, 11) is 0. The summed E-state index contributed by atoms with van der Waals surface area (Å²) in [5.74, 6) is 0. The fraction of sp³-hybridized carbons (Fsp3) is 0.600. The molecule has 18 heavy (non-hydrogen) atoms. The average molecular weight is 253 g/mol. The Morgan fingerprint density at radius 3 is 2.33 bits per heavy atom. The van der Waals surface area contributed by atoms with Gasteiger partial charge >= 0.3 is 0 Å². The molecule has 0 atom stereocenters. The Balaban J connectivity index is 1.79. The van der Waals surface area contributed by atoms with Crippen molar-refractivity contribution in [1.29, 1.82) is 0 Å². The molecule has 0 radical (unpaired) electrons. The highest BCUT2D eigenvalue weighted by molar-refractivity contribution is 5.23. The summed E-state index contributed by atoms with van der Waals surface area (Å²) in [6.07, 6.45) is 2.89. The second-order valence-corrected chi connectivity index (χ2v) is 5.66. The van der Waals surface area contributed by atoms with Crippen LogP contribution < -0.4 is 5.32 Å². The van der Waals surface area contributed by atoms with Gasteiger partial charge in [0.15, 0.2) is 0 Å². The Morgan fingerprint density at radius 2 is 1.78 bits per heavy atom. The minimum Gasteiger partial charge on any atom is -0.312 e. The molecule has 0 heterocycles. The molecule has 1 nitrogen and oxygen atoms in total. The minimum absolute atomic E-state index is 0.0986. The van der Waals surface area contributed by atoms with E-state index in [1.807, 2.05) is 0 Å². The van der Waals surface area contributed by atoms with Gasteiger partial charge in [-0.15, -0.1) is 0 Å². The Labute approximate surface area is 108 Å². The van der Waals surface area contributed by atoms with Gasteiger partial charge in [-0.2, -0.15) is 0 Å². The first kappa shape index (κ1) is 13.5. The fourth-order valence-corrected chi connectivity index (χ4v) is 2.69. The Morgan fingerprint density at radius 1 is 1.17 bits per heavy atom. The lowest BCUT2D eigenvalue weighted by atomic mass is 9.89. The summed E-state index contributed by atoms with van der Waals surface area (Å²) in [5, 5.41) is 3.45. The second-order valence-electron chi connectivity index (χ2n) is 5.66. The maximum absolute atomic E-state index is 12.4. The Bertz CT molecular complexity index is 367. The molecular formula is C15H21F2N. The standard InChI is InChI=1S/C15H21F2N/c1-15(8-2-3-9-15)11-18-10-12-4-6-13(7-5-12)14(16)17/h4-7,14,18H,2-3,8-11H2,1H3. The molecule has 0 spiro atoms. The number of rotatable bonds is 5. The predicted octanol–water partition coefficient (Wildman–Crippen LogP) is 4.29. The quantitative estimate of drug-likeness (QED) is 0.825. The van der Waals surface area contributed by atoms with Gasteiger partial charge in [0.25, 0.3) is 6.43 Å². The smallest absolute Gasteiger partial charge is 0.263 e. The molecule has 1 N–H and O–H groups in total. The monoisotopic (exact) mass is 253 g/mol. The van der Waals surface area contributed by atoms with Crippen LogP contribution in [-0.4, -0.2) is 6.54 Å². The first-order valence-corrected chi connectivity index (χ1v) is 6.67. The highest BCUT2D eigenvalue weighted by Gasteiger charge is 2.27. The molecule has 1 aromatic rings. The summed E-state index contributed by atoms with van der Waals surface area (Å²) in [6.45, 7) is 4.11. The van der Waals surface area contributed by atoms with E-state index in [1.54, 1.807) is 12.1 Å². The molecule has 0 aromatic heterocycles. The van der Waals surface area contributed by atoms with Gasteiger partial charge in [-0.3, -0.25) is 0 Å². The van der Waals surface area contributed by atoms with Gasteiger partial charge in [0.05, 0.1) is 0 Å². The summed E-state index contributed by atoms with van der Waals surface area (Å²) < 4.78 is 24.8. The number of benzene rings is 1. The second kappa shape index (κ2) is 5.79. The molecule has 1 aromatic carbocycles. The van der Waals surface area contributed by atoms with E-state index in [2.05, 4.69) is 12.2 Å². The number of hydrogen-bond donors (Lipinski definition) is 1. The number of hydrogen-bond acceptors (Lipinski definition) is 1. The van der Waals surface area contributed by atoms with Crippen molar-refractivity contribution in [2.75, 3.05) is 6.54 Å². The average Bonchev–Trinajstić information content (AvgIpc) is 2.77. The minimum atomic E-state index is -2.37. The molecule has 1 aliphatic rings. The molecule has 0 aliphatic heterocycles. The van der Waals surface area contributed by atoms with Crippen LogP contribution in [0.5, 0.6) is 0 Å². The fourth-order valence-electron chi connectivity index (χ4n) is 2.69. The first-order valence-electron chi connectivity index (χ1n) is 6.67.